The molecular weight excluding hydrogens is 286 g/mol. The lowest BCUT2D eigenvalue weighted by Crippen LogP contribution is -2.51. The van der Waals surface area contributed by atoms with Gasteiger partial charge in [0.2, 0.25) is 0 Å². The van der Waals surface area contributed by atoms with Crippen LogP contribution < -0.4 is 5.73 Å². The lowest BCUT2D eigenvalue weighted by molar-refractivity contribution is -0.0723. The molecular formula is C20H37NO2. The van der Waals surface area contributed by atoms with Gasteiger partial charge in [0.1, 0.15) is 6.10 Å². The van der Waals surface area contributed by atoms with E-state index in [2.05, 4.69) is 6.92 Å². The molecule has 0 aromatic carbocycles. The van der Waals surface area contributed by atoms with Gasteiger partial charge in [-0.1, -0.05) is 95.8 Å². The number of ether oxygens (including phenoxy) is 1. The Morgan fingerprint density at radius 3 is 1.91 bits per heavy atom. The summed E-state index contributed by atoms with van der Waals surface area (Å²) in [6.45, 7) is 2.88. The van der Waals surface area contributed by atoms with Crippen molar-refractivity contribution in [3.8, 4) is 0 Å². The summed E-state index contributed by atoms with van der Waals surface area (Å²) in [7, 11) is 0. The van der Waals surface area contributed by atoms with Crippen LogP contribution >= 0.6 is 0 Å². The SMILES string of the molecule is CCCCCCCCCCCCCCOC1(N)C=CC=CC1O. The molecule has 0 saturated carbocycles. The van der Waals surface area contributed by atoms with E-state index >= 15 is 0 Å². The van der Waals surface area contributed by atoms with E-state index in [0.29, 0.717) is 6.61 Å². The number of rotatable bonds is 14. The largest absolute Gasteiger partial charge is 0.384 e. The summed E-state index contributed by atoms with van der Waals surface area (Å²) < 4.78 is 5.66. The molecule has 3 heteroatoms. The van der Waals surface area contributed by atoms with Crippen molar-refractivity contribution in [1.82, 2.24) is 0 Å². The molecule has 0 amide bonds. The summed E-state index contributed by atoms with van der Waals surface area (Å²) in [5, 5.41) is 9.83. The van der Waals surface area contributed by atoms with Crippen LogP contribution in [-0.2, 0) is 4.74 Å². The fourth-order valence-corrected chi connectivity index (χ4v) is 2.95. The molecule has 0 aliphatic heterocycles. The van der Waals surface area contributed by atoms with Gasteiger partial charge in [0, 0.05) is 6.61 Å². The lowest BCUT2D eigenvalue weighted by Gasteiger charge is -2.31. The third-order valence-corrected chi connectivity index (χ3v) is 4.57. The van der Waals surface area contributed by atoms with E-state index in [0.717, 1.165) is 6.42 Å². The molecule has 0 fully saturated rings. The smallest absolute Gasteiger partial charge is 0.165 e. The minimum Gasteiger partial charge on any atom is -0.384 e. The second-order valence-electron chi connectivity index (χ2n) is 6.78. The van der Waals surface area contributed by atoms with E-state index in [1.165, 1.54) is 70.6 Å². The first-order valence-corrected chi connectivity index (χ1v) is 9.66. The highest BCUT2D eigenvalue weighted by Crippen LogP contribution is 2.18. The monoisotopic (exact) mass is 323 g/mol. The maximum absolute atomic E-state index is 9.83. The number of unbranched alkanes of at least 4 members (excludes halogenated alkanes) is 11. The van der Waals surface area contributed by atoms with Crippen LogP contribution in [0.25, 0.3) is 0 Å². The van der Waals surface area contributed by atoms with Crippen LogP contribution in [0.5, 0.6) is 0 Å². The van der Waals surface area contributed by atoms with E-state index in [1.54, 1.807) is 18.2 Å². The first-order valence-electron chi connectivity index (χ1n) is 9.66. The van der Waals surface area contributed by atoms with Crippen molar-refractivity contribution in [2.24, 2.45) is 5.73 Å². The van der Waals surface area contributed by atoms with Gasteiger partial charge in [-0.2, -0.15) is 0 Å². The third kappa shape index (κ3) is 9.29. The topological polar surface area (TPSA) is 55.5 Å². The van der Waals surface area contributed by atoms with E-state index in [-0.39, 0.29) is 0 Å². The molecule has 0 heterocycles. The van der Waals surface area contributed by atoms with Crippen molar-refractivity contribution in [1.29, 1.82) is 0 Å². The molecule has 2 atom stereocenters. The Bertz CT molecular complexity index is 341. The molecule has 3 N–H and O–H groups in total. The first kappa shape index (κ1) is 20.4. The van der Waals surface area contributed by atoms with Gasteiger partial charge >= 0.3 is 0 Å². The molecule has 134 valence electrons. The van der Waals surface area contributed by atoms with Crippen LogP contribution in [0.1, 0.15) is 84.0 Å². The standard InChI is InChI=1S/C20H37NO2/c1-2-3-4-5-6-7-8-9-10-11-12-15-18-23-20(21)17-14-13-16-19(20)22/h13-14,16-17,19,22H,2-12,15,18,21H2,1H3. The van der Waals surface area contributed by atoms with Crippen LogP contribution in [0.4, 0.5) is 0 Å². The number of aliphatic hydroxyl groups is 1. The van der Waals surface area contributed by atoms with Gasteiger partial charge in [0.05, 0.1) is 0 Å². The molecule has 0 saturated heterocycles. The lowest BCUT2D eigenvalue weighted by atomic mass is 10.0. The predicted molar refractivity (Wildman–Crippen MR) is 98.2 cm³/mol. The van der Waals surface area contributed by atoms with Crippen molar-refractivity contribution < 1.29 is 9.84 Å². The molecule has 0 spiro atoms. The molecule has 0 radical (unpaired) electrons. The van der Waals surface area contributed by atoms with Gasteiger partial charge in [0.25, 0.3) is 0 Å². The molecule has 3 nitrogen and oxygen atoms in total. The fourth-order valence-electron chi connectivity index (χ4n) is 2.95. The van der Waals surface area contributed by atoms with Gasteiger partial charge in [-0.3, -0.25) is 5.73 Å². The van der Waals surface area contributed by atoms with Gasteiger partial charge in [-0.15, -0.1) is 0 Å². The molecule has 1 aliphatic rings. The predicted octanol–water partition coefficient (Wildman–Crippen LogP) is 4.85. The second kappa shape index (κ2) is 12.7. The molecule has 23 heavy (non-hydrogen) atoms. The number of hydrogen-bond acceptors (Lipinski definition) is 3. The molecule has 1 aliphatic carbocycles. The van der Waals surface area contributed by atoms with Crippen LogP contribution in [0.3, 0.4) is 0 Å². The highest BCUT2D eigenvalue weighted by Gasteiger charge is 2.31. The van der Waals surface area contributed by atoms with Crippen molar-refractivity contribution in [3.63, 3.8) is 0 Å². The summed E-state index contributed by atoms with van der Waals surface area (Å²) >= 11 is 0. The Morgan fingerprint density at radius 2 is 1.39 bits per heavy atom. The van der Waals surface area contributed by atoms with E-state index in [1.807, 2.05) is 6.08 Å². The maximum Gasteiger partial charge on any atom is 0.165 e. The molecule has 1 rings (SSSR count). The van der Waals surface area contributed by atoms with Crippen molar-refractivity contribution in [3.05, 3.63) is 24.3 Å². The van der Waals surface area contributed by atoms with Gasteiger partial charge < -0.3 is 9.84 Å². The summed E-state index contributed by atoms with van der Waals surface area (Å²) in [4.78, 5) is 0. The van der Waals surface area contributed by atoms with Gasteiger partial charge in [0.15, 0.2) is 5.72 Å². The molecule has 0 aromatic heterocycles. The Morgan fingerprint density at radius 1 is 0.870 bits per heavy atom. The number of allylic oxidation sites excluding steroid dienone is 2. The van der Waals surface area contributed by atoms with Crippen LogP contribution in [0, 0.1) is 0 Å². The summed E-state index contributed by atoms with van der Waals surface area (Å²) in [6.07, 6.45) is 22.2. The zero-order valence-corrected chi connectivity index (χ0v) is 15.0. The van der Waals surface area contributed by atoms with E-state index in [4.69, 9.17) is 10.5 Å². The first-order chi connectivity index (χ1) is 11.2. The Labute approximate surface area is 143 Å². The minimum atomic E-state index is -1.04. The van der Waals surface area contributed by atoms with Crippen molar-refractivity contribution in [2.75, 3.05) is 6.61 Å². The zero-order chi connectivity index (χ0) is 16.8. The third-order valence-electron chi connectivity index (χ3n) is 4.57. The number of hydrogen-bond donors (Lipinski definition) is 2. The second-order valence-corrected chi connectivity index (χ2v) is 6.78. The summed E-state index contributed by atoms with van der Waals surface area (Å²) in [6, 6.07) is 0. The normalized spacial score (nSPS) is 23.5. The Balaban J connectivity index is 1.85. The van der Waals surface area contributed by atoms with E-state index in [9.17, 15) is 5.11 Å². The zero-order valence-electron chi connectivity index (χ0n) is 15.0. The molecule has 2 unspecified atom stereocenters. The summed E-state index contributed by atoms with van der Waals surface area (Å²) in [5.74, 6) is 0. The van der Waals surface area contributed by atoms with Gasteiger partial charge in [-0.05, 0) is 12.5 Å². The highest BCUT2D eigenvalue weighted by atomic mass is 16.5. The molecule has 0 aromatic rings. The minimum absolute atomic E-state index is 0.614. The average Bonchev–Trinajstić information content (AvgIpc) is 2.55. The Hall–Kier alpha value is -0.640. The summed E-state index contributed by atoms with van der Waals surface area (Å²) in [5.41, 5.74) is 5.00. The fraction of sp³-hybridized carbons (Fsp3) is 0.800. The Kier molecular flexibility index (Phi) is 11.3. The van der Waals surface area contributed by atoms with Gasteiger partial charge in [-0.25, -0.2) is 0 Å². The van der Waals surface area contributed by atoms with Crippen molar-refractivity contribution in [2.45, 2.75) is 95.8 Å². The van der Waals surface area contributed by atoms with Crippen LogP contribution in [0.2, 0.25) is 0 Å². The van der Waals surface area contributed by atoms with E-state index < -0.39 is 11.8 Å². The quantitative estimate of drug-likeness (QED) is 0.355. The molecule has 0 bridgehead atoms. The number of aliphatic hydroxyl groups excluding tert-OH is 1. The highest BCUT2D eigenvalue weighted by molar-refractivity contribution is 5.21. The van der Waals surface area contributed by atoms with Crippen molar-refractivity contribution >= 4 is 0 Å². The average molecular weight is 324 g/mol. The van der Waals surface area contributed by atoms with Crippen LogP contribution in [0.15, 0.2) is 24.3 Å². The maximum atomic E-state index is 9.83. The number of nitrogens with two attached hydrogens (primary N) is 1. The van der Waals surface area contributed by atoms with Crippen LogP contribution in [-0.4, -0.2) is 23.5 Å².